The van der Waals surface area contributed by atoms with Crippen LogP contribution >= 0.6 is 0 Å². The van der Waals surface area contributed by atoms with E-state index < -0.39 is 16.4 Å². The summed E-state index contributed by atoms with van der Waals surface area (Å²) in [4.78, 5) is 22.5. The maximum Gasteiger partial charge on any atom is 0.266 e. The summed E-state index contributed by atoms with van der Waals surface area (Å²) in [6.07, 6.45) is 2.61. The largest absolute Gasteiger partial charge is 0.865 e. The number of rotatable bonds is 7. The van der Waals surface area contributed by atoms with E-state index in [1.54, 1.807) is 12.1 Å². The minimum Gasteiger partial charge on any atom is -0.865 e. The minimum atomic E-state index is -0.819. The SMILES string of the molecule is COc1ccc(C(=O)/C=C/c2cc(OC)c([O-])c([N+](=O)[O-])c2)cc1OC. The molecule has 0 heterocycles. The maximum absolute atomic E-state index is 12.3. The second-order valence-electron chi connectivity index (χ2n) is 5.10. The monoisotopic (exact) mass is 358 g/mol. The normalized spacial score (nSPS) is 10.6. The lowest BCUT2D eigenvalue weighted by atomic mass is 10.1. The molecule has 136 valence electrons. The topological polar surface area (TPSA) is 111 Å². The molecule has 0 N–H and O–H groups in total. The molecule has 0 fully saturated rings. The van der Waals surface area contributed by atoms with Crippen LogP contribution in [0.5, 0.6) is 23.0 Å². The van der Waals surface area contributed by atoms with Crippen LogP contribution in [0.4, 0.5) is 5.69 Å². The number of allylic oxidation sites excluding steroid dienone is 1. The molecule has 0 amide bonds. The number of nitrogens with zero attached hydrogens (tertiary/aromatic N) is 1. The molecule has 2 aromatic rings. The lowest BCUT2D eigenvalue weighted by Crippen LogP contribution is -2.01. The molecule has 0 saturated carbocycles. The second-order valence-corrected chi connectivity index (χ2v) is 5.10. The molecule has 0 aliphatic rings. The van der Waals surface area contributed by atoms with Crippen LogP contribution < -0.4 is 19.3 Å². The lowest BCUT2D eigenvalue weighted by molar-refractivity contribution is -0.398. The Morgan fingerprint density at radius 1 is 1.00 bits per heavy atom. The highest BCUT2D eigenvalue weighted by molar-refractivity contribution is 6.07. The average Bonchev–Trinajstić information content (AvgIpc) is 2.65. The van der Waals surface area contributed by atoms with Crippen molar-refractivity contribution in [2.45, 2.75) is 0 Å². The first-order valence-corrected chi connectivity index (χ1v) is 7.39. The third kappa shape index (κ3) is 3.92. The highest BCUT2D eigenvalue weighted by Crippen LogP contribution is 2.35. The fraction of sp³-hybridized carbons (Fsp3) is 0.167. The van der Waals surface area contributed by atoms with E-state index in [9.17, 15) is 20.0 Å². The van der Waals surface area contributed by atoms with Crippen molar-refractivity contribution in [1.82, 2.24) is 0 Å². The number of hydrogen-bond donors (Lipinski definition) is 0. The van der Waals surface area contributed by atoms with Crippen molar-refractivity contribution < 1.29 is 29.0 Å². The van der Waals surface area contributed by atoms with Gasteiger partial charge in [-0.1, -0.05) is 6.08 Å². The summed E-state index contributed by atoms with van der Waals surface area (Å²) in [5, 5.41) is 22.8. The second kappa shape index (κ2) is 8.02. The zero-order chi connectivity index (χ0) is 19.3. The van der Waals surface area contributed by atoms with E-state index in [1.165, 1.54) is 45.6 Å². The number of carbonyl (C=O) groups is 1. The number of nitro benzene ring substituents is 1. The fourth-order valence-corrected chi connectivity index (χ4v) is 2.25. The van der Waals surface area contributed by atoms with Crippen LogP contribution in [0.25, 0.3) is 6.08 Å². The zero-order valence-corrected chi connectivity index (χ0v) is 14.3. The van der Waals surface area contributed by atoms with Crippen LogP contribution in [-0.4, -0.2) is 32.0 Å². The minimum absolute atomic E-state index is 0.169. The summed E-state index contributed by atoms with van der Waals surface area (Å²) in [6.45, 7) is 0. The van der Waals surface area contributed by atoms with Gasteiger partial charge in [-0.3, -0.25) is 14.9 Å². The number of ketones is 1. The standard InChI is InChI=1S/C18H17NO7/c1-24-15-7-5-12(10-16(15)25-2)14(20)6-4-11-8-13(19(22)23)18(21)17(9-11)26-3/h4-10,21H,1-3H3/p-1/b6-4+. The van der Waals surface area contributed by atoms with Crippen LogP contribution in [0.15, 0.2) is 36.4 Å². The van der Waals surface area contributed by atoms with Gasteiger partial charge in [-0.05, 0) is 35.9 Å². The Kier molecular flexibility index (Phi) is 5.79. The Labute approximate surface area is 149 Å². The van der Waals surface area contributed by atoms with E-state index in [4.69, 9.17) is 14.2 Å². The highest BCUT2D eigenvalue weighted by atomic mass is 16.6. The molecule has 0 unspecified atom stereocenters. The molecular formula is C18H16NO7-. The molecule has 2 rings (SSSR count). The Morgan fingerprint density at radius 3 is 2.23 bits per heavy atom. The number of nitro groups is 1. The van der Waals surface area contributed by atoms with Crippen LogP contribution in [0.1, 0.15) is 15.9 Å². The predicted octanol–water partition coefficient (Wildman–Crippen LogP) is 2.59. The zero-order valence-electron chi connectivity index (χ0n) is 14.3. The quantitative estimate of drug-likeness (QED) is 0.324. The van der Waals surface area contributed by atoms with Crippen molar-refractivity contribution >= 4 is 17.5 Å². The molecule has 0 saturated heterocycles. The molecule has 0 atom stereocenters. The van der Waals surface area contributed by atoms with Gasteiger partial charge < -0.3 is 19.3 Å². The maximum atomic E-state index is 12.3. The van der Waals surface area contributed by atoms with Crippen LogP contribution in [0, 0.1) is 10.1 Å². The molecular weight excluding hydrogens is 342 g/mol. The number of hydrogen-bond acceptors (Lipinski definition) is 7. The fourth-order valence-electron chi connectivity index (χ4n) is 2.25. The summed E-state index contributed by atoms with van der Waals surface area (Å²) in [7, 11) is 4.18. The Balaban J connectivity index is 2.33. The van der Waals surface area contributed by atoms with Gasteiger partial charge in [-0.15, -0.1) is 0 Å². The van der Waals surface area contributed by atoms with Crippen molar-refractivity contribution in [3.63, 3.8) is 0 Å². The van der Waals surface area contributed by atoms with Crippen molar-refractivity contribution in [3.05, 3.63) is 57.6 Å². The summed E-state index contributed by atoms with van der Waals surface area (Å²) in [5.74, 6) is -0.448. The first kappa shape index (κ1) is 18.8. The van der Waals surface area contributed by atoms with E-state index in [-0.39, 0.29) is 11.5 Å². The van der Waals surface area contributed by atoms with E-state index in [0.717, 1.165) is 6.07 Å². The van der Waals surface area contributed by atoms with E-state index >= 15 is 0 Å². The van der Waals surface area contributed by atoms with Gasteiger partial charge in [-0.25, -0.2) is 0 Å². The first-order valence-electron chi connectivity index (χ1n) is 7.39. The molecule has 2 aromatic carbocycles. The molecule has 26 heavy (non-hydrogen) atoms. The number of ether oxygens (including phenoxy) is 3. The van der Waals surface area contributed by atoms with E-state index in [0.29, 0.717) is 22.6 Å². The van der Waals surface area contributed by atoms with Crippen molar-refractivity contribution in [1.29, 1.82) is 0 Å². The molecule has 8 nitrogen and oxygen atoms in total. The molecule has 0 aliphatic heterocycles. The Bertz CT molecular complexity index is 874. The van der Waals surface area contributed by atoms with E-state index in [2.05, 4.69) is 0 Å². The van der Waals surface area contributed by atoms with Gasteiger partial charge in [0.25, 0.3) is 5.69 Å². The van der Waals surface area contributed by atoms with Gasteiger partial charge in [0.1, 0.15) is 5.75 Å². The average molecular weight is 358 g/mol. The third-order valence-corrected chi connectivity index (χ3v) is 3.57. The molecule has 0 radical (unpaired) electrons. The summed E-state index contributed by atoms with van der Waals surface area (Å²) in [6, 6.07) is 7.10. The van der Waals surface area contributed by atoms with Crippen molar-refractivity contribution in [2.24, 2.45) is 0 Å². The van der Waals surface area contributed by atoms with Gasteiger partial charge in [0, 0.05) is 17.4 Å². The van der Waals surface area contributed by atoms with Gasteiger partial charge in [-0.2, -0.15) is 0 Å². The Hall–Kier alpha value is -3.55. The molecule has 0 aliphatic carbocycles. The smallest absolute Gasteiger partial charge is 0.266 e. The van der Waals surface area contributed by atoms with Crippen LogP contribution in [-0.2, 0) is 0 Å². The van der Waals surface area contributed by atoms with Gasteiger partial charge in [0.2, 0.25) is 0 Å². The number of benzene rings is 2. The number of methoxy groups -OCH3 is 3. The van der Waals surface area contributed by atoms with Crippen LogP contribution in [0.3, 0.4) is 0 Å². The van der Waals surface area contributed by atoms with Gasteiger partial charge in [0.05, 0.1) is 26.3 Å². The first-order chi connectivity index (χ1) is 12.4. The molecule has 0 aromatic heterocycles. The predicted molar refractivity (Wildman–Crippen MR) is 92.0 cm³/mol. The molecule has 8 heteroatoms. The number of carbonyl (C=O) groups excluding carboxylic acids is 1. The van der Waals surface area contributed by atoms with Crippen LogP contribution in [0.2, 0.25) is 0 Å². The lowest BCUT2D eigenvalue weighted by Gasteiger charge is -2.13. The summed E-state index contributed by atoms with van der Waals surface area (Å²) < 4.78 is 15.1. The highest BCUT2D eigenvalue weighted by Gasteiger charge is 2.13. The molecule has 0 bridgehead atoms. The van der Waals surface area contributed by atoms with Crippen molar-refractivity contribution in [3.8, 4) is 23.0 Å². The summed E-state index contributed by atoms with van der Waals surface area (Å²) in [5.41, 5.74) is 0.0188. The molecule has 0 spiro atoms. The van der Waals surface area contributed by atoms with E-state index in [1.807, 2.05) is 0 Å². The summed E-state index contributed by atoms with van der Waals surface area (Å²) >= 11 is 0. The Morgan fingerprint density at radius 2 is 1.65 bits per heavy atom. The van der Waals surface area contributed by atoms with Gasteiger partial charge in [0.15, 0.2) is 17.3 Å². The van der Waals surface area contributed by atoms with Gasteiger partial charge >= 0.3 is 0 Å². The third-order valence-electron chi connectivity index (χ3n) is 3.57. The van der Waals surface area contributed by atoms with Crippen molar-refractivity contribution in [2.75, 3.05) is 21.3 Å².